The van der Waals surface area contributed by atoms with Gasteiger partial charge in [-0.25, -0.2) is 4.39 Å². The zero-order chi connectivity index (χ0) is 14.5. The highest BCUT2D eigenvalue weighted by Gasteiger charge is 2.10. The molecule has 2 rings (SSSR count). The van der Waals surface area contributed by atoms with Crippen molar-refractivity contribution >= 4 is 11.4 Å². The van der Waals surface area contributed by atoms with Crippen molar-refractivity contribution < 1.29 is 9.13 Å². The van der Waals surface area contributed by atoms with E-state index in [1.54, 1.807) is 24.1 Å². The van der Waals surface area contributed by atoms with Gasteiger partial charge in [0.15, 0.2) is 0 Å². The Bertz CT molecular complexity index is 586. The minimum atomic E-state index is -0.233. The van der Waals surface area contributed by atoms with Gasteiger partial charge in [-0.1, -0.05) is 12.1 Å². The van der Waals surface area contributed by atoms with Crippen molar-refractivity contribution in [3.05, 3.63) is 53.8 Å². The van der Waals surface area contributed by atoms with Crippen molar-refractivity contribution in [1.82, 2.24) is 5.32 Å². The number of hydrogen-bond donors (Lipinski definition) is 1. The molecule has 106 valence electrons. The molecule has 0 bridgehead atoms. The van der Waals surface area contributed by atoms with E-state index in [2.05, 4.69) is 5.32 Å². The Morgan fingerprint density at radius 3 is 2.65 bits per heavy atom. The van der Waals surface area contributed by atoms with E-state index in [4.69, 9.17) is 4.74 Å². The third-order valence-electron chi connectivity index (χ3n) is 3.19. The second-order valence-corrected chi connectivity index (χ2v) is 4.58. The molecule has 0 amide bonds. The van der Waals surface area contributed by atoms with Gasteiger partial charge >= 0.3 is 0 Å². The summed E-state index contributed by atoms with van der Waals surface area (Å²) in [5, 5.41) is 3.01. The van der Waals surface area contributed by atoms with Gasteiger partial charge in [0, 0.05) is 25.3 Å². The summed E-state index contributed by atoms with van der Waals surface area (Å²) in [4.78, 5) is 1.81. The largest absolute Gasteiger partial charge is 0.497 e. The van der Waals surface area contributed by atoms with E-state index >= 15 is 0 Å². The first-order valence-corrected chi connectivity index (χ1v) is 6.46. The fraction of sp³-hybridized carbons (Fsp3) is 0.250. The maximum atomic E-state index is 14.2. The second-order valence-electron chi connectivity index (χ2n) is 4.58. The van der Waals surface area contributed by atoms with Crippen LogP contribution in [0, 0.1) is 5.82 Å². The first kappa shape index (κ1) is 14.3. The number of rotatable bonds is 5. The summed E-state index contributed by atoms with van der Waals surface area (Å²) in [7, 11) is 5.30. The lowest BCUT2D eigenvalue weighted by Crippen LogP contribution is -2.12. The molecular formula is C16H19FN2O. The van der Waals surface area contributed by atoms with Crippen molar-refractivity contribution in [2.75, 3.05) is 26.1 Å². The van der Waals surface area contributed by atoms with Crippen molar-refractivity contribution in [2.24, 2.45) is 0 Å². The molecule has 4 heteroatoms. The molecule has 0 heterocycles. The molecule has 0 unspecified atom stereocenters. The van der Waals surface area contributed by atoms with Gasteiger partial charge in [0.05, 0.1) is 12.8 Å². The molecular weight excluding hydrogens is 255 g/mol. The smallest absolute Gasteiger partial charge is 0.147 e. The topological polar surface area (TPSA) is 24.5 Å². The monoisotopic (exact) mass is 274 g/mol. The van der Waals surface area contributed by atoms with E-state index in [9.17, 15) is 4.39 Å². The average molecular weight is 274 g/mol. The number of methoxy groups -OCH3 is 1. The normalized spacial score (nSPS) is 10.4. The van der Waals surface area contributed by atoms with E-state index in [-0.39, 0.29) is 5.82 Å². The molecule has 20 heavy (non-hydrogen) atoms. The molecule has 0 saturated carbocycles. The molecule has 0 radical (unpaired) electrons. The van der Waals surface area contributed by atoms with Crippen molar-refractivity contribution in [3.8, 4) is 5.75 Å². The van der Waals surface area contributed by atoms with Crippen LogP contribution in [-0.4, -0.2) is 21.2 Å². The van der Waals surface area contributed by atoms with Gasteiger partial charge in [-0.3, -0.25) is 0 Å². The van der Waals surface area contributed by atoms with E-state index in [0.717, 1.165) is 17.0 Å². The van der Waals surface area contributed by atoms with Gasteiger partial charge in [-0.15, -0.1) is 0 Å². The Morgan fingerprint density at radius 2 is 2.00 bits per heavy atom. The van der Waals surface area contributed by atoms with Gasteiger partial charge < -0.3 is 15.0 Å². The van der Waals surface area contributed by atoms with Crippen LogP contribution in [-0.2, 0) is 6.54 Å². The Morgan fingerprint density at radius 1 is 1.20 bits per heavy atom. The molecule has 2 aromatic carbocycles. The van der Waals surface area contributed by atoms with Crippen LogP contribution < -0.4 is 15.0 Å². The second kappa shape index (κ2) is 6.39. The first-order chi connectivity index (χ1) is 9.65. The van der Waals surface area contributed by atoms with Crippen LogP contribution >= 0.6 is 0 Å². The lowest BCUT2D eigenvalue weighted by atomic mass is 10.1. The van der Waals surface area contributed by atoms with E-state index in [1.807, 2.05) is 44.4 Å². The first-order valence-electron chi connectivity index (χ1n) is 6.46. The minimum absolute atomic E-state index is 0.233. The van der Waals surface area contributed by atoms with Crippen LogP contribution in [0.5, 0.6) is 5.75 Å². The number of ether oxygens (including phenoxy) is 1. The molecule has 0 atom stereocenters. The van der Waals surface area contributed by atoms with Crippen LogP contribution in [0.3, 0.4) is 0 Å². The molecule has 0 spiro atoms. The van der Waals surface area contributed by atoms with Crippen molar-refractivity contribution in [3.63, 3.8) is 0 Å². The summed E-state index contributed by atoms with van der Waals surface area (Å²) in [6.45, 7) is 0.653. The zero-order valence-corrected chi connectivity index (χ0v) is 12.0. The minimum Gasteiger partial charge on any atom is -0.497 e. The summed E-state index contributed by atoms with van der Waals surface area (Å²) < 4.78 is 19.4. The number of halogens is 1. The molecule has 2 aromatic rings. The van der Waals surface area contributed by atoms with Crippen LogP contribution in [0.15, 0.2) is 42.5 Å². The van der Waals surface area contributed by atoms with Crippen LogP contribution in [0.4, 0.5) is 15.8 Å². The molecule has 0 aliphatic heterocycles. The van der Waals surface area contributed by atoms with E-state index < -0.39 is 0 Å². The van der Waals surface area contributed by atoms with Gasteiger partial charge in [0.1, 0.15) is 11.6 Å². The SMILES string of the molecule is CNCc1ccc(N(C)c2cccc(OC)c2)c(F)c1. The van der Waals surface area contributed by atoms with Crippen molar-refractivity contribution in [1.29, 1.82) is 0 Å². The zero-order valence-electron chi connectivity index (χ0n) is 12.0. The molecule has 0 aliphatic carbocycles. The molecule has 3 nitrogen and oxygen atoms in total. The molecule has 1 N–H and O–H groups in total. The van der Waals surface area contributed by atoms with Gasteiger partial charge in [0.2, 0.25) is 0 Å². The van der Waals surface area contributed by atoms with Gasteiger partial charge in [-0.2, -0.15) is 0 Å². The highest BCUT2D eigenvalue weighted by Crippen LogP contribution is 2.29. The Labute approximate surface area is 119 Å². The fourth-order valence-electron chi connectivity index (χ4n) is 2.09. The highest BCUT2D eigenvalue weighted by molar-refractivity contribution is 5.64. The standard InChI is InChI=1S/C16H19FN2O/c1-18-11-12-7-8-16(15(17)9-12)19(2)13-5-4-6-14(10-13)20-3/h4-10,18H,11H2,1-3H3. The van der Waals surface area contributed by atoms with Crippen LogP contribution in [0.1, 0.15) is 5.56 Å². The maximum absolute atomic E-state index is 14.2. The molecule has 0 aromatic heterocycles. The lowest BCUT2D eigenvalue weighted by molar-refractivity contribution is 0.415. The van der Waals surface area contributed by atoms with Crippen LogP contribution in [0.25, 0.3) is 0 Å². The number of benzene rings is 2. The number of hydrogen-bond acceptors (Lipinski definition) is 3. The number of nitrogens with one attached hydrogen (secondary N) is 1. The molecule has 0 saturated heterocycles. The summed E-state index contributed by atoms with van der Waals surface area (Å²) in [5.41, 5.74) is 2.34. The summed E-state index contributed by atoms with van der Waals surface area (Å²) in [6, 6.07) is 12.8. The van der Waals surface area contributed by atoms with Crippen LogP contribution in [0.2, 0.25) is 0 Å². The van der Waals surface area contributed by atoms with Crippen molar-refractivity contribution in [2.45, 2.75) is 6.54 Å². The predicted octanol–water partition coefficient (Wildman–Crippen LogP) is 3.32. The quantitative estimate of drug-likeness (QED) is 0.905. The molecule has 0 fully saturated rings. The summed E-state index contributed by atoms with van der Waals surface area (Å²) in [6.07, 6.45) is 0. The summed E-state index contributed by atoms with van der Waals surface area (Å²) in [5.74, 6) is 0.518. The Balaban J connectivity index is 2.30. The lowest BCUT2D eigenvalue weighted by Gasteiger charge is -2.21. The number of nitrogens with zero attached hydrogens (tertiary/aromatic N) is 1. The Kier molecular flexibility index (Phi) is 4.58. The third-order valence-corrected chi connectivity index (χ3v) is 3.19. The predicted molar refractivity (Wildman–Crippen MR) is 80.2 cm³/mol. The molecule has 0 aliphatic rings. The van der Waals surface area contributed by atoms with E-state index in [1.165, 1.54) is 0 Å². The summed E-state index contributed by atoms with van der Waals surface area (Å²) >= 11 is 0. The Hall–Kier alpha value is -2.07. The number of anilines is 2. The average Bonchev–Trinajstić information content (AvgIpc) is 2.47. The van der Waals surface area contributed by atoms with E-state index in [0.29, 0.717) is 12.2 Å². The van der Waals surface area contributed by atoms with Gasteiger partial charge in [0.25, 0.3) is 0 Å². The highest BCUT2D eigenvalue weighted by atomic mass is 19.1. The third kappa shape index (κ3) is 3.08. The van der Waals surface area contributed by atoms with Gasteiger partial charge in [-0.05, 0) is 36.9 Å². The fourth-order valence-corrected chi connectivity index (χ4v) is 2.09. The maximum Gasteiger partial charge on any atom is 0.147 e.